The zero-order valence-electron chi connectivity index (χ0n) is 7.63. The third-order valence-electron chi connectivity index (χ3n) is 2.06. The van der Waals surface area contributed by atoms with Gasteiger partial charge >= 0.3 is 12.4 Å². The summed E-state index contributed by atoms with van der Waals surface area (Å²) in [5, 5.41) is -2.32. The summed E-state index contributed by atoms with van der Waals surface area (Å²) in [6.45, 7) is 1.39. The number of alkyl halides is 6. The lowest BCUT2D eigenvalue weighted by atomic mass is 9.60. The second-order valence-electron chi connectivity index (χ2n) is 3.56. The molecule has 0 aliphatic carbocycles. The monoisotopic (exact) mass is 218 g/mol. The van der Waals surface area contributed by atoms with Crippen LogP contribution in [0.2, 0.25) is 5.31 Å². The summed E-state index contributed by atoms with van der Waals surface area (Å²) in [6.07, 6.45) is -11.1. The molecule has 0 bridgehead atoms. The first-order valence-electron chi connectivity index (χ1n) is 3.78. The van der Waals surface area contributed by atoms with E-state index in [1.54, 1.807) is 0 Å². The van der Waals surface area contributed by atoms with E-state index in [4.69, 9.17) is 7.85 Å². The zero-order valence-corrected chi connectivity index (χ0v) is 7.63. The standard InChI is InChI=1S/C7H9BF6/c1-4(7(12,13)14)5(2,8)3-6(9,10)11/h4H,3H2,1-2H3. The van der Waals surface area contributed by atoms with E-state index in [9.17, 15) is 26.3 Å². The third kappa shape index (κ3) is 4.24. The molecule has 0 spiro atoms. The van der Waals surface area contributed by atoms with Crippen molar-refractivity contribution in [1.82, 2.24) is 0 Å². The van der Waals surface area contributed by atoms with Crippen LogP contribution in [0.4, 0.5) is 26.3 Å². The van der Waals surface area contributed by atoms with Crippen LogP contribution in [0.25, 0.3) is 0 Å². The van der Waals surface area contributed by atoms with Crippen molar-refractivity contribution in [1.29, 1.82) is 0 Å². The molecule has 2 radical (unpaired) electrons. The highest BCUT2D eigenvalue weighted by Crippen LogP contribution is 2.48. The van der Waals surface area contributed by atoms with Gasteiger partial charge in [-0.1, -0.05) is 13.8 Å². The molecule has 7 heteroatoms. The van der Waals surface area contributed by atoms with Gasteiger partial charge in [0.15, 0.2) is 0 Å². The lowest BCUT2D eigenvalue weighted by molar-refractivity contribution is -0.196. The van der Waals surface area contributed by atoms with Crippen molar-refractivity contribution in [3.63, 3.8) is 0 Å². The average molecular weight is 218 g/mol. The molecule has 0 saturated heterocycles. The Labute approximate surface area is 79.1 Å². The molecule has 2 atom stereocenters. The normalized spacial score (nSPS) is 20.3. The van der Waals surface area contributed by atoms with Crippen LogP contribution >= 0.6 is 0 Å². The Morgan fingerprint density at radius 1 is 1.07 bits per heavy atom. The maximum absolute atomic E-state index is 12.1. The van der Waals surface area contributed by atoms with Gasteiger partial charge in [0.2, 0.25) is 0 Å². The highest BCUT2D eigenvalue weighted by atomic mass is 19.4. The van der Waals surface area contributed by atoms with E-state index in [-0.39, 0.29) is 0 Å². The van der Waals surface area contributed by atoms with Crippen molar-refractivity contribution < 1.29 is 26.3 Å². The number of hydrogen-bond acceptors (Lipinski definition) is 0. The van der Waals surface area contributed by atoms with Gasteiger partial charge in [0.1, 0.15) is 0 Å². The Balaban J connectivity index is 4.63. The Hall–Kier alpha value is -0.355. The molecule has 0 amide bonds. The van der Waals surface area contributed by atoms with E-state index in [0.29, 0.717) is 6.92 Å². The zero-order chi connectivity index (χ0) is 11.8. The molecular formula is C7H9BF6. The van der Waals surface area contributed by atoms with E-state index >= 15 is 0 Å². The van der Waals surface area contributed by atoms with Crippen LogP contribution in [0.3, 0.4) is 0 Å². The first-order chi connectivity index (χ1) is 5.86. The van der Waals surface area contributed by atoms with Crippen LogP contribution in [-0.2, 0) is 0 Å². The minimum Gasteiger partial charge on any atom is -0.171 e. The largest absolute Gasteiger partial charge is 0.391 e. The SMILES string of the molecule is [B]C(C)(CC(F)(F)F)C(C)C(F)(F)F. The molecule has 2 unspecified atom stereocenters. The molecule has 0 rings (SSSR count). The van der Waals surface area contributed by atoms with Crippen LogP contribution in [0.1, 0.15) is 20.3 Å². The molecule has 0 fully saturated rings. The molecule has 0 saturated carbocycles. The molecule has 0 heterocycles. The van der Waals surface area contributed by atoms with E-state index < -0.39 is 30.0 Å². The van der Waals surface area contributed by atoms with E-state index in [1.165, 1.54) is 0 Å². The Morgan fingerprint density at radius 2 is 1.43 bits per heavy atom. The first-order valence-corrected chi connectivity index (χ1v) is 3.78. The van der Waals surface area contributed by atoms with Gasteiger partial charge < -0.3 is 0 Å². The van der Waals surface area contributed by atoms with Crippen LogP contribution in [0, 0.1) is 5.92 Å². The second-order valence-corrected chi connectivity index (χ2v) is 3.56. The van der Waals surface area contributed by atoms with Gasteiger partial charge in [-0.05, 0) is 5.31 Å². The molecule has 82 valence electrons. The predicted octanol–water partition coefficient (Wildman–Crippen LogP) is 3.48. The summed E-state index contributed by atoms with van der Waals surface area (Å²) in [4.78, 5) is 0. The van der Waals surface area contributed by atoms with Crippen molar-refractivity contribution in [3.8, 4) is 0 Å². The topological polar surface area (TPSA) is 0 Å². The fraction of sp³-hybridized carbons (Fsp3) is 1.00. The van der Waals surface area contributed by atoms with Crippen molar-refractivity contribution in [2.75, 3.05) is 0 Å². The van der Waals surface area contributed by atoms with E-state index in [2.05, 4.69) is 0 Å². The molecule has 0 N–H and O–H groups in total. The maximum Gasteiger partial charge on any atom is 0.391 e. The number of rotatable bonds is 2. The smallest absolute Gasteiger partial charge is 0.171 e. The molecule has 0 nitrogen and oxygen atoms in total. The number of hydrogen-bond donors (Lipinski definition) is 0. The number of halogens is 6. The first kappa shape index (κ1) is 13.6. The predicted molar refractivity (Wildman–Crippen MR) is 40.0 cm³/mol. The Bertz CT molecular complexity index is 191. The minimum absolute atomic E-state index is 0.645. The van der Waals surface area contributed by atoms with Gasteiger partial charge in [-0.25, -0.2) is 0 Å². The molecule has 14 heavy (non-hydrogen) atoms. The lowest BCUT2D eigenvalue weighted by Crippen LogP contribution is -2.34. The summed E-state index contributed by atoms with van der Waals surface area (Å²) in [5.74, 6) is -2.20. The van der Waals surface area contributed by atoms with Crippen LogP contribution < -0.4 is 0 Å². The van der Waals surface area contributed by atoms with Crippen molar-refractivity contribution in [3.05, 3.63) is 0 Å². The molecule has 0 aromatic heterocycles. The summed E-state index contributed by atoms with van der Waals surface area (Å²) < 4.78 is 71.8. The quantitative estimate of drug-likeness (QED) is 0.491. The molecule has 0 aliphatic rings. The van der Waals surface area contributed by atoms with Crippen LogP contribution in [0.15, 0.2) is 0 Å². The van der Waals surface area contributed by atoms with Crippen LogP contribution in [-0.4, -0.2) is 20.2 Å². The maximum atomic E-state index is 12.1. The van der Waals surface area contributed by atoms with Crippen molar-refractivity contribution in [2.45, 2.75) is 37.9 Å². The highest BCUT2D eigenvalue weighted by Gasteiger charge is 2.49. The van der Waals surface area contributed by atoms with E-state index in [1.807, 2.05) is 0 Å². The van der Waals surface area contributed by atoms with Crippen molar-refractivity contribution in [2.24, 2.45) is 5.92 Å². The summed E-state index contributed by atoms with van der Waals surface area (Å²) in [6, 6.07) is 0. The van der Waals surface area contributed by atoms with Crippen molar-refractivity contribution >= 4 is 7.85 Å². The summed E-state index contributed by atoms with van der Waals surface area (Å²) in [5.41, 5.74) is 0. The minimum atomic E-state index is -4.71. The summed E-state index contributed by atoms with van der Waals surface area (Å²) >= 11 is 0. The van der Waals surface area contributed by atoms with Gasteiger partial charge in [-0.15, -0.1) is 0 Å². The lowest BCUT2D eigenvalue weighted by Gasteiger charge is -2.34. The van der Waals surface area contributed by atoms with Gasteiger partial charge in [0, 0.05) is 12.3 Å². The molecule has 0 aromatic rings. The van der Waals surface area contributed by atoms with Gasteiger partial charge in [-0.3, -0.25) is 0 Å². The molecule has 0 aromatic carbocycles. The second kappa shape index (κ2) is 3.66. The fourth-order valence-corrected chi connectivity index (χ4v) is 0.959. The molecular weight excluding hydrogens is 209 g/mol. The van der Waals surface area contributed by atoms with Crippen LogP contribution in [0.5, 0.6) is 0 Å². The highest BCUT2D eigenvalue weighted by molar-refractivity contribution is 6.15. The van der Waals surface area contributed by atoms with Gasteiger partial charge in [-0.2, -0.15) is 26.3 Å². The summed E-state index contributed by atoms with van der Waals surface area (Å²) in [7, 11) is 4.99. The Kier molecular flexibility index (Phi) is 3.57. The van der Waals surface area contributed by atoms with E-state index in [0.717, 1.165) is 6.92 Å². The average Bonchev–Trinajstić information content (AvgIpc) is 1.78. The molecule has 0 aliphatic heterocycles. The third-order valence-corrected chi connectivity index (χ3v) is 2.06. The fourth-order valence-electron chi connectivity index (χ4n) is 0.959. The van der Waals surface area contributed by atoms with Gasteiger partial charge in [0.25, 0.3) is 0 Å². The Morgan fingerprint density at radius 3 is 1.64 bits per heavy atom. The van der Waals surface area contributed by atoms with Gasteiger partial charge in [0.05, 0.1) is 7.85 Å².